The van der Waals surface area contributed by atoms with Crippen LogP contribution in [0.15, 0.2) is 12.1 Å². The molecule has 3 rings (SSSR count). The van der Waals surface area contributed by atoms with Crippen molar-refractivity contribution in [3.05, 3.63) is 34.4 Å². The molecule has 0 heterocycles. The molecule has 0 atom stereocenters. The van der Waals surface area contributed by atoms with Crippen molar-refractivity contribution in [1.82, 2.24) is 0 Å². The first-order chi connectivity index (χ1) is 9.75. The predicted octanol–water partition coefficient (Wildman–Crippen LogP) is 6.40. The Bertz CT molecular complexity index is 406. The van der Waals surface area contributed by atoms with E-state index in [4.69, 9.17) is 0 Å². The van der Waals surface area contributed by atoms with Crippen LogP contribution in [0, 0.1) is 13.8 Å². The minimum absolute atomic E-state index is 0.853. The lowest BCUT2D eigenvalue weighted by Crippen LogP contribution is -2.11. The van der Waals surface area contributed by atoms with Crippen LogP contribution in [-0.2, 0) is 0 Å². The Hall–Kier alpha value is -0.780. The molecule has 0 N–H and O–H groups in total. The van der Waals surface area contributed by atoms with Crippen molar-refractivity contribution in [3.8, 4) is 0 Å². The van der Waals surface area contributed by atoms with Gasteiger partial charge in [-0.05, 0) is 73.6 Å². The largest absolute Gasteiger partial charge is 0.0558 e. The summed E-state index contributed by atoms with van der Waals surface area (Å²) in [6, 6.07) is 5.10. The first kappa shape index (κ1) is 14.2. The highest BCUT2D eigenvalue weighted by atomic mass is 14.3. The Labute approximate surface area is 125 Å². The van der Waals surface area contributed by atoms with Crippen LogP contribution in [0.4, 0.5) is 0 Å². The zero-order chi connectivity index (χ0) is 13.9. The smallest absolute Gasteiger partial charge is 0.0159 e. The maximum absolute atomic E-state index is 2.62. The number of aryl methyl sites for hydroxylation is 2. The molecular weight excluding hydrogens is 240 g/mol. The van der Waals surface area contributed by atoms with Gasteiger partial charge in [-0.2, -0.15) is 0 Å². The van der Waals surface area contributed by atoms with Gasteiger partial charge < -0.3 is 0 Å². The molecule has 0 bridgehead atoms. The Kier molecular flexibility index (Phi) is 4.48. The standard InChI is InChI=1S/C20H30/c1-15-13-16(2)20(18-11-7-4-8-12-18)14-19(15)17-9-5-3-6-10-17/h13-14,17-18H,3-12H2,1-2H3. The van der Waals surface area contributed by atoms with E-state index in [0.29, 0.717) is 0 Å². The van der Waals surface area contributed by atoms with E-state index in [0.717, 1.165) is 11.8 Å². The van der Waals surface area contributed by atoms with Gasteiger partial charge >= 0.3 is 0 Å². The predicted molar refractivity (Wildman–Crippen MR) is 87.6 cm³/mol. The van der Waals surface area contributed by atoms with Crippen LogP contribution in [0.25, 0.3) is 0 Å². The minimum atomic E-state index is 0.853. The van der Waals surface area contributed by atoms with Gasteiger partial charge in [0.15, 0.2) is 0 Å². The van der Waals surface area contributed by atoms with Crippen LogP contribution in [0.5, 0.6) is 0 Å². The fourth-order valence-electron chi connectivity index (χ4n) is 4.59. The Morgan fingerprint density at radius 2 is 1.00 bits per heavy atom. The minimum Gasteiger partial charge on any atom is -0.0558 e. The third kappa shape index (κ3) is 2.95. The molecule has 0 nitrogen and oxygen atoms in total. The Morgan fingerprint density at radius 3 is 1.40 bits per heavy atom. The molecule has 20 heavy (non-hydrogen) atoms. The first-order valence-corrected chi connectivity index (χ1v) is 8.87. The van der Waals surface area contributed by atoms with Gasteiger partial charge in [0, 0.05) is 0 Å². The monoisotopic (exact) mass is 270 g/mol. The Morgan fingerprint density at radius 1 is 0.600 bits per heavy atom. The van der Waals surface area contributed by atoms with E-state index in [1.807, 2.05) is 0 Å². The average Bonchev–Trinajstić information content (AvgIpc) is 2.49. The molecule has 0 saturated heterocycles. The van der Waals surface area contributed by atoms with E-state index in [-0.39, 0.29) is 0 Å². The van der Waals surface area contributed by atoms with Crippen LogP contribution >= 0.6 is 0 Å². The number of benzene rings is 1. The van der Waals surface area contributed by atoms with E-state index in [9.17, 15) is 0 Å². The second kappa shape index (κ2) is 6.33. The highest BCUT2D eigenvalue weighted by molar-refractivity contribution is 5.41. The molecule has 2 aliphatic carbocycles. The van der Waals surface area contributed by atoms with Gasteiger partial charge in [-0.25, -0.2) is 0 Å². The molecule has 1 aromatic carbocycles. The van der Waals surface area contributed by atoms with Gasteiger partial charge in [0.1, 0.15) is 0 Å². The van der Waals surface area contributed by atoms with Gasteiger partial charge in [0.2, 0.25) is 0 Å². The van der Waals surface area contributed by atoms with Gasteiger partial charge in [0.05, 0.1) is 0 Å². The molecule has 0 aromatic heterocycles. The summed E-state index contributed by atoms with van der Waals surface area (Å²) in [5.74, 6) is 1.71. The van der Waals surface area contributed by atoms with Crippen molar-refractivity contribution < 1.29 is 0 Å². The van der Waals surface area contributed by atoms with Crippen molar-refractivity contribution in [2.24, 2.45) is 0 Å². The maximum atomic E-state index is 2.62. The molecule has 2 saturated carbocycles. The Balaban J connectivity index is 1.89. The second-order valence-electron chi connectivity index (χ2n) is 7.24. The summed E-state index contributed by atoms with van der Waals surface area (Å²) in [6.07, 6.45) is 14.4. The third-order valence-corrected chi connectivity index (χ3v) is 5.74. The fraction of sp³-hybridized carbons (Fsp3) is 0.700. The summed E-state index contributed by atoms with van der Waals surface area (Å²) in [7, 11) is 0. The second-order valence-corrected chi connectivity index (χ2v) is 7.24. The van der Waals surface area contributed by atoms with E-state index in [1.54, 1.807) is 22.3 Å². The third-order valence-electron chi connectivity index (χ3n) is 5.74. The van der Waals surface area contributed by atoms with Crippen molar-refractivity contribution in [2.75, 3.05) is 0 Å². The molecule has 110 valence electrons. The molecule has 2 fully saturated rings. The van der Waals surface area contributed by atoms with Crippen LogP contribution in [0.1, 0.15) is 98.3 Å². The van der Waals surface area contributed by atoms with Crippen molar-refractivity contribution in [3.63, 3.8) is 0 Å². The number of rotatable bonds is 2. The SMILES string of the molecule is Cc1cc(C)c(C2CCCCC2)cc1C1CCCCC1. The molecule has 0 radical (unpaired) electrons. The quantitative estimate of drug-likeness (QED) is 0.583. The molecular formula is C20H30. The lowest BCUT2D eigenvalue weighted by Gasteiger charge is -2.28. The first-order valence-electron chi connectivity index (χ1n) is 8.87. The molecule has 0 heteroatoms. The zero-order valence-electron chi connectivity index (χ0n) is 13.4. The van der Waals surface area contributed by atoms with Crippen molar-refractivity contribution in [1.29, 1.82) is 0 Å². The lowest BCUT2D eigenvalue weighted by atomic mass is 9.77. The molecule has 0 aliphatic heterocycles. The van der Waals surface area contributed by atoms with Crippen LogP contribution < -0.4 is 0 Å². The number of hydrogen-bond donors (Lipinski definition) is 0. The van der Waals surface area contributed by atoms with E-state index < -0.39 is 0 Å². The molecule has 1 aromatic rings. The summed E-state index contributed by atoms with van der Waals surface area (Å²) in [4.78, 5) is 0. The van der Waals surface area contributed by atoms with Gasteiger partial charge in [-0.3, -0.25) is 0 Å². The van der Waals surface area contributed by atoms with Crippen LogP contribution in [0.3, 0.4) is 0 Å². The van der Waals surface area contributed by atoms with E-state index in [2.05, 4.69) is 26.0 Å². The molecule has 0 amide bonds. The van der Waals surface area contributed by atoms with Crippen molar-refractivity contribution in [2.45, 2.75) is 89.9 Å². The topological polar surface area (TPSA) is 0 Å². The molecule has 0 spiro atoms. The average molecular weight is 270 g/mol. The summed E-state index contributed by atoms with van der Waals surface area (Å²) < 4.78 is 0. The van der Waals surface area contributed by atoms with Crippen LogP contribution in [0.2, 0.25) is 0 Å². The fourth-order valence-corrected chi connectivity index (χ4v) is 4.59. The highest BCUT2D eigenvalue weighted by Gasteiger charge is 2.22. The van der Waals surface area contributed by atoms with Crippen LogP contribution in [-0.4, -0.2) is 0 Å². The summed E-state index contributed by atoms with van der Waals surface area (Å²) in [6.45, 7) is 4.67. The molecule has 0 unspecified atom stereocenters. The normalized spacial score (nSPS) is 22.1. The van der Waals surface area contributed by atoms with E-state index >= 15 is 0 Å². The van der Waals surface area contributed by atoms with Gasteiger partial charge in [0.25, 0.3) is 0 Å². The molecule has 2 aliphatic rings. The van der Waals surface area contributed by atoms with Gasteiger partial charge in [-0.1, -0.05) is 50.7 Å². The lowest BCUT2D eigenvalue weighted by molar-refractivity contribution is 0.434. The number of hydrogen-bond acceptors (Lipinski definition) is 0. The summed E-state index contributed by atoms with van der Waals surface area (Å²) >= 11 is 0. The summed E-state index contributed by atoms with van der Waals surface area (Å²) in [5, 5.41) is 0. The van der Waals surface area contributed by atoms with E-state index in [1.165, 1.54) is 64.2 Å². The van der Waals surface area contributed by atoms with Crippen molar-refractivity contribution >= 4 is 0 Å². The highest BCUT2D eigenvalue weighted by Crippen LogP contribution is 2.39. The zero-order valence-corrected chi connectivity index (χ0v) is 13.4. The summed E-state index contributed by atoms with van der Waals surface area (Å²) in [5.41, 5.74) is 6.48. The maximum Gasteiger partial charge on any atom is -0.0159 e. The van der Waals surface area contributed by atoms with Gasteiger partial charge in [-0.15, -0.1) is 0 Å².